The lowest BCUT2D eigenvalue weighted by Crippen LogP contribution is -2.30. The van der Waals surface area contributed by atoms with E-state index < -0.39 is 6.10 Å². The molecule has 0 unspecified atom stereocenters. The first-order chi connectivity index (χ1) is 13.0. The van der Waals surface area contributed by atoms with Gasteiger partial charge in [0, 0.05) is 18.1 Å². The first-order valence-electron chi connectivity index (χ1n) is 9.04. The van der Waals surface area contributed by atoms with E-state index >= 15 is 0 Å². The van der Waals surface area contributed by atoms with Gasteiger partial charge in [-0.05, 0) is 85.8 Å². The molecular formula is C23H24N2O2. The highest BCUT2D eigenvalue weighted by Crippen LogP contribution is 2.19. The van der Waals surface area contributed by atoms with Crippen molar-refractivity contribution in [2.24, 2.45) is 0 Å². The second kappa shape index (κ2) is 8.49. The summed E-state index contributed by atoms with van der Waals surface area (Å²) in [6.45, 7) is 5.83. The largest absolute Gasteiger partial charge is 0.481 e. The van der Waals surface area contributed by atoms with Crippen LogP contribution in [-0.2, 0) is 11.2 Å². The highest BCUT2D eigenvalue weighted by molar-refractivity contribution is 5.94. The minimum absolute atomic E-state index is 0.171. The smallest absolute Gasteiger partial charge is 0.265 e. The van der Waals surface area contributed by atoms with Crippen LogP contribution in [0.2, 0.25) is 0 Å². The van der Waals surface area contributed by atoms with Gasteiger partial charge in [0.2, 0.25) is 0 Å². The van der Waals surface area contributed by atoms with Crippen LogP contribution in [0.3, 0.4) is 0 Å². The van der Waals surface area contributed by atoms with Gasteiger partial charge in [-0.1, -0.05) is 18.2 Å². The van der Waals surface area contributed by atoms with Gasteiger partial charge in [-0.3, -0.25) is 9.78 Å². The molecule has 3 aromatic rings. The minimum Gasteiger partial charge on any atom is -0.481 e. The van der Waals surface area contributed by atoms with Crippen molar-refractivity contribution >= 4 is 11.6 Å². The van der Waals surface area contributed by atoms with E-state index in [0.717, 1.165) is 17.7 Å². The Kier molecular flexibility index (Phi) is 5.87. The molecule has 138 valence electrons. The molecule has 0 saturated carbocycles. The number of carbonyl (C=O) groups is 1. The maximum absolute atomic E-state index is 12.4. The standard InChI is InChI=1S/C23H24N2O2/c1-16-4-9-22(14-17(16)2)27-18(3)23(26)25-21-7-5-19(6-8-21)15-20-10-12-24-13-11-20/h4-14,18H,15H2,1-3H3,(H,25,26)/t18-/m0/s1. The highest BCUT2D eigenvalue weighted by Gasteiger charge is 2.15. The van der Waals surface area contributed by atoms with Gasteiger partial charge in [0.15, 0.2) is 6.10 Å². The summed E-state index contributed by atoms with van der Waals surface area (Å²) < 4.78 is 5.77. The number of anilines is 1. The molecule has 0 radical (unpaired) electrons. The number of hydrogen-bond donors (Lipinski definition) is 1. The fraction of sp³-hybridized carbons (Fsp3) is 0.217. The summed E-state index contributed by atoms with van der Waals surface area (Å²) in [6, 6.07) is 17.7. The number of nitrogens with one attached hydrogen (secondary N) is 1. The molecule has 0 fully saturated rings. The summed E-state index contributed by atoms with van der Waals surface area (Å²) in [4.78, 5) is 16.4. The van der Waals surface area contributed by atoms with Crippen molar-refractivity contribution in [3.63, 3.8) is 0 Å². The number of rotatable bonds is 6. The number of hydrogen-bond acceptors (Lipinski definition) is 3. The summed E-state index contributed by atoms with van der Waals surface area (Å²) in [5.74, 6) is 0.531. The molecule has 1 N–H and O–H groups in total. The number of ether oxygens (including phenoxy) is 1. The molecule has 0 aliphatic carbocycles. The van der Waals surface area contributed by atoms with Gasteiger partial charge in [0.05, 0.1) is 0 Å². The molecule has 0 spiro atoms. The third-order valence-corrected chi connectivity index (χ3v) is 4.54. The average Bonchev–Trinajstić information content (AvgIpc) is 2.67. The van der Waals surface area contributed by atoms with E-state index in [1.807, 2.05) is 68.4 Å². The van der Waals surface area contributed by atoms with E-state index in [1.165, 1.54) is 16.7 Å². The lowest BCUT2D eigenvalue weighted by Gasteiger charge is -2.16. The maximum Gasteiger partial charge on any atom is 0.265 e. The fourth-order valence-electron chi connectivity index (χ4n) is 2.73. The molecule has 4 nitrogen and oxygen atoms in total. The second-order valence-electron chi connectivity index (χ2n) is 6.72. The number of pyridine rings is 1. The summed E-state index contributed by atoms with van der Waals surface area (Å²) >= 11 is 0. The quantitative estimate of drug-likeness (QED) is 0.693. The van der Waals surface area contributed by atoms with E-state index in [-0.39, 0.29) is 5.91 Å². The summed E-state index contributed by atoms with van der Waals surface area (Å²) in [5, 5.41) is 2.91. The van der Waals surface area contributed by atoms with Crippen LogP contribution in [0.25, 0.3) is 0 Å². The van der Waals surface area contributed by atoms with Gasteiger partial charge in [0.25, 0.3) is 5.91 Å². The van der Waals surface area contributed by atoms with Crippen LogP contribution in [0.5, 0.6) is 5.75 Å². The lowest BCUT2D eigenvalue weighted by molar-refractivity contribution is -0.122. The Hall–Kier alpha value is -3.14. The molecule has 1 heterocycles. The molecule has 0 saturated heterocycles. The van der Waals surface area contributed by atoms with Crippen LogP contribution in [0.4, 0.5) is 5.69 Å². The summed E-state index contributed by atoms with van der Waals surface area (Å²) in [7, 11) is 0. The van der Waals surface area contributed by atoms with Crippen molar-refractivity contribution in [3.05, 3.63) is 89.2 Å². The number of aryl methyl sites for hydroxylation is 2. The van der Waals surface area contributed by atoms with Crippen LogP contribution in [0.15, 0.2) is 67.0 Å². The van der Waals surface area contributed by atoms with E-state index in [2.05, 4.69) is 10.3 Å². The zero-order valence-corrected chi connectivity index (χ0v) is 15.9. The minimum atomic E-state index is -0.580. The van der Waals surface area contributed by atoms with Crippen molar-refractivity contribution in [2.75, 3.05) is 5.32 Å². The molecule has 2 aromatic carbocycles. The molecule has 1 atom stereocenters. The van der Waals surface area contributed by atoms with Crippen LogP contribution < -0.4 is 10.1 Å². The normalized spacial score (nSPS) is 11.7. The Balaban J connectivity index is 1.57. The molecular weight excluding hydrogens is 336 g/mol. The average molecular weight is 360 g/mol. The molecule has 3 rings (SSSR count). The van der Waals surface area contributed by atoms with Crippen molar-refractivity contribution in [1.29, 1.82) is 0 Å². The Morgan fingerprint density at radius 2 is 1.63 bits per heavy atom. The van der Waals surface area contributed by atoms with Crippen molar-refractivity contribution < 1.29 is 9.53 Å². The Bertz CT molecular complexity index is 905. The zero-order valence-electron chi connectivity index (χ0n) is 15.9. The Morgan fingerprint density at radius 3 is 2.30 bits per heavy atom. The highest BCUT2D eigenvalue weighted by atomic mass is 16.5. The van der Waals surface area contributed by atoms with E-state index in [4.69, 9.17) is 4.74 Å². The number of aromatic nitrogens is 1. The van der Waals surface area contributed by atoms with E-state index in [9.17, 15) is 4.79 Å². The van der Waals surface area contributed by atoms with Gasteiger partial charge in [-0.2, -0.15) is 0 Å². The third kappa shape index (κ3) is 5.17. The first kappa shape index (κ1) is 18.6. The van der Waals surface area contributed by atoms with Crippen LogP contribution in [0, 0.1) is 13.8 Å². The molecule has 0 aliphatic rings. The van der Waals surface area contributed by atoms with Gasteiger partial charge in [0.1, 0.15) is 5.75 Å². The molecule has 0 bridgehead atoms. The SMILES string of the molecule is Cc1ccc(O[C@@H](C)C(=O)Nc2ccc(Cc3ccncc3)cc2)cc1C. The van der Waals surface area contributed by atoms with E-state index in [1.54, 1.807) is 19.3 Å². The lowest BCUT2D eigenvalue weighted by atomic mass is 10.1. The Morgan fingerprint density at radius 1 is 0.963 bits per heavy atom. The Labute approximate surface area is 160 Å². The monoisotopic (exact) mass is 360 g/mol. The number of benzene rings is 2. The van der Waals surface area contributed by atoms with Crippen LogP contribution in [0.1, 0.15) is 29.2 Å². The van der Waals surface area contributed by atoms with E-state index in [0.29, 0.717) is 5.75 Å². The molecule has 27 heavy (non-hydrogen) atoms. The van der Waals surface area contributed by atoms with Crippen LogP contribution >= 0.6 is 0 Å². The summed E-state index contributed by atoms with van der Waals surface area (Å²) in [5.41, 5.74) is 5.49. The molecule has 0 aliphatic heterocycles. The van der Waals surface area contributed by atoms with Crippen LogP contribution in [-0.4, -0.2) is 17.0 Å². The van der Waals surface area contributed by atoms with Gasteiger partial charge in [-0.15, -0.1) is 0 Å². The summed E-state index contributed by atoms with van der Waals surface area (Å²) in [6.07, 6.45) is 3.84. The number of amides is 1. The van der Waals surface area contributed by atoms with Crippen molar-refractivity contribution in [1.82, 2.24) is 4.98 Å². The maximum atomic E-state index is 12.4. The topological polar surface area (TPSA) is 51.2 Å². The second-order valence-corrected chi connectivity index (χ2v) is 6.72. The molecule has 1 amide bonds. The predicted octanol–water partition coefficient (Wildman–Crippen LogP) is 4.70. The van der Waals surface area contributed by atoms with Crippen molar-refractivity contribution in [3.8, 4) is 5.75 Å². The molecule has 4 heteroatoms. The zero-order chi connectivity index (χ0) is 19.2. The van der Waals surface area contributed by atoms with Gasteiger partial charge in [-0.25, -0.2) is 0 Å². The third-order valence-electron chi connectivity index (χ3n) is 4.54. The van der Waals surface area contributed by atoms with Gasteiger partial charge < -0.3 is 10.1 Å². The fourth-order valence-corrected chi connectivity index (χ4v) is 2.73. The predicted molar refractivity (Wildman–Crippen MR) is 108 cm³/mol. The molecule has 1 aromatic heterocycles. The first-order valence-corrected chi connectivity index (χ1v) is 9.04. The number of nitrogens with zero attached hydrogens (tertiary/aromatic N) is 1. The van der Waals surface area contributed by atoms with Gasteiger partial charge >= 0.3 is 0 Å². The van der Waals surface area contributed by atoms with Crippen molar-refractivity contribution in [2.45, 2.75) is 33.3 Å². The number of carbonyl (C=O) groups excluding carboxylic acids is 1.